The van der Waals surface area contributed by atoms with E-state index in [-0.39, 0.29) is 24.5 Å². The summed E-state index contributed by atoms with van der Waals surface area (Å²) in [4.78, 5) is 45.3. The number of fused-ring (bicyclic) bond motifs is 1. The molecule has 0 aliphatic carbocycles. The molecule has 3 amide bonds. The first kappa shape index (κ1) is 27.7. The number of carbonyl (C=O) groups excluding carboxylic acids is 3. The van der Waals surface area contributed by atoms with Gasteiger partial charge >= 0.3 is 6.09 Å². The van der Waals surface area contributed by atoms with Crippen molar-refractivity contribution in [3.63, 3.8) is 0 Å². The number of aromatic nitrogens is 2. The van der Waals surface area contributed by atoms with E-state index in [9.17, 15) is 14.4 Å². The second-order valence-corrected chi connectivity index (χ2v) is 10.1. The highest BCUT2D eigenvalue weighted by Crippen LogP contribution is 2.36. The monoisotopic (exact) mass is 555 g/mol. The SMILES string of the molecule is CCc1nc2c(cc1NC(=O)c1ccccc1)c(OC(C)C)c(C(=O)NCC1CN(c3ccccc3)C(=O)O1)n2C. The molecule has 0 bridgehead atoms. The van der Waals surface area contributed by atoms with E-state index in [0.717, 1.165) is 5.69 Å². The van der Waals surface area contributed by atoms with Crippen LogP contribution in [0.4, 0.5) is 16.2 Å². The van der Waals surface area contributed by atoms with Crippen LogP contribution in [0.5, 0.6) is 5.75 Å². The van der Waals surface area contributed by atoms with Crippen LogP contribution in [0.3, 0.4) is 0 Å². The molecule has 3 heterocycles. The van der Waals surface area contributed by atoms with E-state index in [1.165, 1.54) is 0 Å². The zero-order valence-corrected chi connectivity index (χ0v) is 23.5. The number of benzene rings is 2. The number of pyridine rings is 1. The highest BCUT2D eigenvalue weighted by molar-refractivity contribution is 6.07. The zero-order valence-electron chi connectivity index (χ0n) is 23.5. The van der Waals surface area contributed by atoms with Crippen molar-refractivity contribution >= 4 is 40.3 Å². The van der Waals surface area contributed by atoms with Crippen molar-refractivity contribution in [1.29, 1.82) is 0 Å². The van der Waals surface area contributed by atoms with Gasteiger partial charge in [0.15, 0.2) is 11.4 Å². The first-order valence-electron chi connectivity index (χ1n) is 13.6. The van der Waals surface area contributed by atoms with Crippen molar-refractivity contribution in [3.05, 3.63) is 83.7 Å². The number of nitrogens with zero attached hydrogens (tertiary/aromatic N) is 3. The lowest BCUT2D eigenvalue weighted by molar-refractivity contribution is 0.0902. The molecule has 1 atom stereocenters. The Morgan fingerprint density at radius 3 is 2.41 bits per heavy atom. The number of rotatable bonds is 9. The smallest absolute Gasteiger partial charge is 0.414 e. The molecule has 1 aliphatic heterocycles. The maximum absolute atomic E-state index is 13.6. The van der Waals surface area contributed by atoms with E-state index in [0.29, 0.717) is 52.4 Å². The molecule has 1 unspecified atom stereocenters. The number of amides is 3. The molecule has 2 N–H and O–H groups in total. The van der Waals surface area contributed by atoms with Gasteiger partial charge in [-0.15, -0.1) is 0 Å². The molecule has 4 aromatic rings. The molecular weight excluding hydrogens is 522 g/mol. The molecule has 212 valence electrons. The minimum atomic E-state index is -0.513. The van der Waals surface area contributed by atoms with Crippen molar-refractivity contribution in [2.75, 3.05) is 23.3 Å². The number of anilines is 2. The summed E-state index contributed by atoms with van der Waals surface area (Å²) in [5, 5.41) is 6.48. The average molecular weight is 556 g/mol. The number of cyclic esters (lactones) is 1. The minimum absolute atomic E-state index is 0.128. The van der Waals surface area contributed by atoms with Crippen molar-refractivity contribution in [2.45, 2.75) is 39.4 Å². The van der Waals surface area contributed by atoms with Crippen molar-refractivity contribution in [1.82, 2.24) is 14.9 Å². The second kappa shape index (κ2) is 11.7. The van der Waals surface area contributed by atoms with E-state index >= 15 is 0 Å². The number of aryl methyl sites for hydroxylation is 2. The maximum Gasteiger partial charge on any atom is 0.414 e. The Labute approximate surface area is 238 Å². The van der Waals surface area contributed by atoms with Gasteiger partial charge in [-0.3, -0.25) is 14.5 Å². The number of nitrogens with one attached hydrogen (secondary N) is 2. The molecule has 5 rings (SSSR count). The molecule has 1 fully saturated rings. The van der Waals surface area contributed by atoms with Crippen LogP contribution in [0.15, 0.2) is 66.7 Å². The zero-order chi connectivity index (χ0) is 29.1. The molecule has 1 aliphatic rings. The lowest BCUT2D eigenvalue weighted by Crippen LogP contribution is -2.35. The summed E-state index contributed by atoms with van der Waals surface area (Å²) in [6.45, 7) is 6.16. The number of carbonyl (C=O) groups is 3. The minimum Gasteiger partial charge on any atom is -0.488 e. The fourth-order valence-electron chi connectivity index (χ4n) is 4.86. The van der Waals surface area contributed by atoms with Crippen molar-refractivity contribution in [2.24, 2.45) is 7.05 Å². The molecule has 2 aromatic heterocycles. The standard InChI is InChI=1S/C31H33N5O5/c1-5-24-25(34-29(37)20-12-8-6-9-13-20)16-23-27(40-19(2)3)26(35(4)28(23)33-24)30(38)32-17-22-18-36(31(39)41-22)21-14-10-7-11-15-21/h6-16,19,22H,5,17-18H2,1-4H3,(H,32,38)(H,34,37). The number of hydrogen-bond donors (Lipinski definition) is 2. The van der Waals surface area contributed by atoms with Crippen LogP contribution in [0.2, 0.25) is 0 Å². The van der Waals surface area contributed by atoms with Crippen LogP contribution in [0.25, 0.3) is 11.0 Å². The summed E-state index contributed by atoms with van der Waals surface area (Å²) in [5.41, 5.74) is 3.35. The van der Waals surface area contributed by atoms with Gasteiger partial charge in [-0.1, -0.05) is 43.3 Å². The third-order valence-electron chi connectivity index (χ3n) is 6.81. The van der Waals surface area contributed by atoms with Gasteiger partial charge in [0.2, 0.25) is 0 Å². The fraction of sp³-hybridized carbons (Fsp3) is 0.290. The van der Waals surface area contributed by atoms with E-state index in [1.807, 2.05) is 63.2 Å². The molecular formula is C31H33N5O5. The van der Waals surface area contributed by atoms with Crippen LogP contribution in [0.1, 0.15) is 47.3 Å². The van der Waals surface area contributed by atoms with Gasteiger partial charge < -0.3 is 24.7 Å². The topological polar surface area (TPSA) is 115 Å². The van der Waals surface area contributed by atoms with Gasteiger partial charge in [-0.25, -0.2) is 9.78 Å². The fourth-order valence-corrected chi connectivity index (χ4v) is 4.86. The number of para-hydroxylation sites is 1. The molecule has 0 spiro atoms. The van der Waals surface area contributed by atoms with Gasteiger partial charge in [0.05, 0.1) is 36.0 Å². The molecule has 0 radical (unpaired) electrons. The maximum atomic E-state index is 13.6. The van der Waals surface area contributed by atoms with Gasteiger partial charge in [0.1, 0.15) is 11.8 Å². The van der Waals surface area contributed by atoms with Gasteiger partial charge in [-0.05, 0) is 50.6 Å². The van der Waals surface area contributed by atoms with Crippen LogP contribution < -0.4 is 20.3 Å². The summed E-state index contributed by atoms with van der Waals surface area (Å²) in [5.74, 6) is -0.268. The summed E-state index contributed by atoms with van der Waals surface area (Å²) in [7, 11) is 1.76. The van der Waals surface area contributed by atoms with Crippen molar-refractivity contribution in [3.8, 4) is 5.75 Å². The number of hydrogen-bond acceptors (Lipinski definition) is 6. The summed E-state index contributed by atoms with van der Waals surface area (Å²) < 4.78 is 13.3. The molecule has 10 heteroatoms. The molecule has 10 nitrogen and oxygen atoms in total. The normalized spacial score (nSPS) is 14.8. The Morgan fingerprint density at radius 1 is 1.07 bits per heavy atom. The Bertz CT molecular complexity index is 1580. The Morgan fingerprint density at radius 2 is 1.76 bits per heavy atom. The number of ether oxygens (including phenoxy) is 2. The predicted octanol–water partition coefficient (Wildman–Crippen LogP) is 4.93. The first-order chi connectivity index (χ1) is 19.8. The van der Waals surface area contributed by atoms with E-state index in [1.54, 1.807) is 40.8 Å². The molecule has 41 heavy (non-hydrogen) atoms. The third-order valence-corrected chi connectivity index (χ3v) is 6.81. The largest absolute Gasteiger partial charge is 0.488 e. The van der Waals surface area contributed by atoms with Crippen molar-refractivity contribution < 1.29 is 23.9 Å². The highest BCUT2D eigenvalue weighted by atomic mass is 16.6. The lowest BCUT2D eigenvalue weighted by Gasteiger charge is -2.14. The quantitative estimate of drug-likeness (QED) is 0.303. The predicted molar refractivity (Wildman–Crippen MR) is 157 cm³/mol. The van der Waals surface area contributed by atoms with Crippen LogP contribution in [-0.4, -0.2) is 52.8 Å². The van der Waals surface area contributed by atoms with Gasteiger partial charge in [0.25, 0.3) is 11.8 Å². The van der Waals surface area contributed by atoms with E-state index < -0.39 is 12.2 Å². The molecule has 2 aromatic carbocycles. The Balaban J connectivity index is 1.42. The average Bonchev–Trinajstić information content (AvgIpc) is 3.48. The summed E-state index contributed by atoms with van der Waals surface area (Å²) in [6, 6.07) is 20.0. The summed E-state index contributed by atoms with van der Waals surface area (Å²) in [6.07, 6.45) is -0.625. The van der Waals surface area contributed by atoms with Gasteiger partial charge in [-0.2, -0.15) is 0 Å². The molecule has 1 saturated heterocycles. The van der Waals surface area contributed by atoms with Crippen LogP contribution >= 0.6 is 0 Å². The Hall–Kier alpha value is -4.86. The first-order valence-corrected chi connectivity index (χ1v) is 13.6. The van der Waals surface area contributed by atoms with E-state index in [2.05, 4.69) is 10.6 Å². The highest BCUT2D eigenvalue weighted by Gasteiger charge is 2.33. The van der Waals surface area contributed by atoms with Gasteiger partial charge in [0, 0.05) is 18.3 Å². The summed E-state index contributed by atoms with van der Waals surface area (Å²) >= 11 is 0. The lowest BCUT2D eigenvalue weighted by atomic mass is 10.1. The molecule has 0 saturated carbocycles. The third kappa shape index (κ3) is 5.72. The van der Waals surface area contributed by atoms with Crippen LogP contribution in [-0.2, 0) is 18.2 Å². The van der Waals surface area contributed by atoms with E-state index in [4.69, 9.17) is 14.5 Å². The van der Waals surface area contributed by atoms with Crippen LogP contribution in [0, 0.1) is 0 Å². The second-order valence-electron chi connectivity index (χ2n) is 10.1. The Kier molecular flexibility index (Phi) is 7.91.